The highest BCUT2D eigenvalue weighted by Crippen LogP contribution is 2.31. The molecule has 0 aliphatic carbocycles. The summed E-state index contributed by atoms with van der Waals surface area (Å²) in [5.41, 5.74) is 0.0984. The van der Waals surface area contributed by atoms with Crippen molar-refractivity contribution >= 4 is 0 Å². The molecule has 2 N–H and O–H groups in total. The van der Waals surface area contributed by atoms with Crippen molar-refractivity contribution < 1.29 is 17.6 Å². The van der Waals surface area contributed by atoms with Crippen molar-refractivity contribution in [3.8, 4) is 0 Å². The summed E-state index contributed by atoms with van der Waals surface area (Å²) in [7, 11) is 0. The first-order valence-corrected chi connectivity index (χ1v) is 6.00. The predicted molar refractivity (Wildman–Crippen MR) is 65.4 cm³/mol. The van der Waals surface area contributed by atoms with Crippen molar-refractivity contribution in [1.29, 1.82) is 0 Å². The number of hydrogen-bond acceptors (Lipinski definition) is 2. The van der Waals surface area contributed by atoms with Gasteiger partial charge in [-0.1, -0.05) is 6.07 Å². The van der Waals surface area contributed by atoms with E-state index < -0.39 is 17.6 Å². The molecule has 108 valence electrons. The van der Waals surface area contributed by atoms with Crippen LogP contribution in [0.3, 0.4) is 0 Å². The van der Waals surface area contributed by atoms with Gasteiger partial charge in [-0.25, -0.2) is 9.37 Å². The fourth-order valence-electron chi connectivity index (χ4n) is 1.78. The van der Waals surface area contributed by atoms with Crippen molar-refractivity contribution in [2.24, 2.45) is 0 Å². The maximum Gasteiger partial charge on any atom is 0.419 e. The number of H-pyrrole nitrogens is 1. The fraction of sp³-hybridized carbons (Fsp3) is 0.308. The van der Waals surface area contributed by atoms with E-state index in [2.05, 4.69) is 15.3 Å². The van der Waals surface area contributed by atoms with Crippen LogP contribution in [-0.4, -0.2) is 16.5 Å². The molecule has 0 aliphatic heterocycles. The Bertz CT molecular complexity index is 549. The van der Waals surface area contributed by atoms with Crippen molar-refractivity contribution in [2.45, 2.75) is 19.1 Å². The standard InChI is InChI=1S/C13H13F4N3/c14-12-2-1-9(5-11(12)13(15,16)17)6-18-4-3-10-7-19-8-20-10/h1-2,5,7-8,18H,3-4,6H2,(H,19,20). The molecule has 0 atom stereocenters. The third-order valence-corrected chi connectivity index (χ3v) is 2.79. The number of rotatable bonds is 5. The zero-order chi connectivity index (χ0) is 14.6. The molecule has 3 nitrogen and oxygen atoms in total. The van der Waals surface area contributed by atoms with Gasteiger partial charge in [-0.15, -0.1) is 0 Å². The van der Waals surface area contributed by atoms with Crippen LogP contribution in [0.15, 0.2) is 30.7 Å². The van der Waals surface area contributed by atoms with Crippen LogP contribution in [0.4, 0.5) is 17.6 Å². The highest BCUT2D eigenvalue weighted by Gasteiger charge is 2.34. The number of aromatic amines is 1. The van der Waals surface area contributed by atoms with Crippen LogP contribution >= 0.6 is 0 Å². The normalized spacial score (nSPS) is 11.8. The maximum atomic E-state index is 13.1. The molecule has 0 saturated heterocycles. The summed E-state index contributed by atoms with van der Waals surface area (Å²) < 4.78 is 50.7. The van der Waals surface area contributed by atoms with Crippen molar-refractivity contribution in [2.75, 3.05) is 6.54 Å². The predicted octanol–water partition coefficient (Wildman–Crippen LogP) is 2.90. The van der Waals surface area contributed by atoms with Gasteiger partial charge in [0, 0.05) is 31.4 Å². The molecular weight excluding hydrogens is 274 g/mol. The topological polar surface area (TPSA) is 40.7 Å². The van der Waals surface area contributed by atoms with Crippen LogP contribution in [0.5, 0.6) is 0 Å². The Morgan fingerprint density at radius 1 is 1.25 bits per heavy atom. The molecule has 0 unspecified atom stereocenters. The highest BCUT2D eigenvalue weighted by molar-refractivity contribution is 5.27. The monoisotopic (exact) mass is 287 g/mol. The van der Waals surface area contributed by atoms with E-state index in [9.17, 15) is 17.6 Å². The van der Waals surface area contributed by atoms with Gasteiger partial charge in [-0.3, -0.25) is 0 Å². The number of nitrogens with zero attached hydrogens (tertiary/aromatic N) is 1. The van der Waals surface area contributed by atoms with Crippen LogP contribution in [0, 0.1) is 5.82 Å². The molecule has 1 aromatic carbocycles. The van der Waals surface area contributed by atoms with Gasteiger partial charge in [0.15, 0.2) is 0 Å². The fourth-order valence-corrected chi connectivity index (χ4v) is 1.78. The second-order valence-electron chi connectivity index (χ2n) is 4.32. The molecule has 0 spiro atoms. The number of hydrogen-bond donors (Lipinski definition) is 2. The van der Waals surface area contributed by atoms with Crippen molar-refractivity contribution in [1.82, 2.24) is 15.3 Å². The minimum absolute atomic E-state index is 0.248. The summed E-state index contributed by atoms with van der Waals surface area (Å²) in [6.45, 7) is 0.832. The Balaban J connectivity index is 1.90. The average Bonchev–Trinajstić information content (AvgIpc) is 2.88. The van der Waals surface area contributed by atoms with E-state index in [-0.39, 0.29) is 6.54 Å². The quantitative estimate of drug-likeness (QED) is 0.656. The summed E-state index contributed by atoms with van der Waals surface area (Å²) in [5, 5.41) is 3.00. The molecule has 0 amide bonds. The van der Waals surface area contributed by atoms with Crippen LogP contribution in [0.1, 0.15) is 16.8 Å². The number of benzene rings is 1. The third-order valence-electron chi connectivity index (χ3n) is 2.79. The molecule has 20 heavy (non-hydrogen) atoms. The summed E-state index contributed by atoms with van der Waals surface area (Å²) in [4.78, 5) is 6.78. The average molecular weight is 287 g/mol. The van der Waals surface area contributed by atoms with E-state index in [0.717, 1.165) is 17.8 Å². The number of aromatic nitrogens is 2. The lowest BCUT2D eigenvalue weighted by Gasteiger charge is -2.10. The smallest absolute Gasteiger partial charge is 0.348 e. The Morgan fingerprint density at radius 3 is 2.70 bits per heavy atom. The SMILES string of the molecule is Fc1ccc(CNCCc2cnc[nH]2)cc1C(F)(F)F. The molecule has 0 radical (unpaired) electrons. The van der Waals surface area contributed by atoms with E-state index in [1.807, 2.05) is 0 Å². The Morgan fingerprint density at radius 2 is 2.05 bits per heavy atom. The molecule has 2 aromatic rings. The molecule has 0 bridgehead atoms. The number of nitrogens with one attached hydrogen (secondary N) is 2. The summed E-state index contributed by atoms with van der Waals surface area (Å²) in [6.07, 6.45) is -0.740. The molecule has 1 heterocycles. The largest absolute Gasteiger partial charge is 0.419 e. The van der Waals surface area contributed by atoms with E-state index >= 15 is 0 Å². The van der Waals surface area contributed by atoms with E-state index in [4.69, 9.17) is 0 Å². The molecule has 0 saturated carbocycles. The van der Waals surface area contributed by atoms with Gasteiger partial charge in [0.05, 0.1) is 11.9 Å². The van der Waals surface area contributed by atoms with Crippen LogP contribution in [-0.2, 0) is 19.1 Å². The maximum absolute atomic E-state index is 13.1. The van der Waals surface area contributed by atoms with Gasteiger partial charge in [0.2, 0.25) is 0 Å². The van der Waals surface area contributed by atoms with Gasteiger partial charge in [-0.05, 0) is 17.7 Å². The lowest BCUT2D eigenvalue weighted by Crippen LogP contribution is -2.17. The third kappa shape index (κ3) is 3.80. The minimum atomic E-state index is -4.67. The molecular formula is C13H13F4N3. The first-order valence-electron chi connectivity index (χ1n) is 6.00. The minimum Gasteiger partial charge on any atom is -0.348 e. The summed E-state index contributed by atoms with van der Waals surface area (Å²) in [5.74, 6) is -1.25. The number of halogens is 4. The second kappa shape index (κ2) is 6.04. The molecule has 1 aromatic heterocycles. The van der Waals surface area contributed by atoms with E-state index in [0.29, 0.717) is 18.5 Å². The second-order valence-corrected chi connectivity index (χ2v) is 4.32. The number of alkyl halides is 3. The van der Waals surface area contributed by atoms with Gasteiger partial charge >= 0.3 is 6.18 Å². The van der Waals surface area contributed by atoms with Crippen molar-refractivity contribution in [3.63, 3.8) is 0 Å². The number of imidazole rings is 1. The van der Waals surface area contributed by atoms with Crippen LogP contribution < -0.4 is 5.32 Å². The molecule has 0 aliphatic rings. The Kier molecular flexibility index (Phi) is 4.39. The highest BCUT2D eigenvalue weighted by atomic mass is 19.4. The van der Waals surface area contributed by atoms with Crippen LogP contribution in [0.25, 0.3) is 0 Å². The molecule has 2 rings (SSSR count). The van der Waals surface area contributed by atoms with Crippen LogP contribution in [0.2, 0.25) is 0 Å². The summed E-state index contributed by atoms with van der Waals surface area (Å²) in [6, 6.07) is 3.01. The zero-order valence-corrected chi connectivity index (χ0v) is 10.5. The summed E-state index contributed by atoms with van der Waals surface area (Å²) >= 11 is 0. The van der Waals surface area contributed by atoms with Gasteiger partial charge in [0.25, 0.3) is 0 Å². The van der Waals surface area contributed by atoms with Gasteiger partial charge in [0.1, 0.15) is 5.82 Å². The molecule has 7 heteroatoms. The first kappa shape index (κ1) is 14.5. The van der Waals surface area contributed by atoms with Crippen molar-refractivity contribution in [3.05, 3.63) is 53.4 Å². The van der Waals surface area contributed by atoms with Gasteiger partial charge in [-0.2, -0.15) is 13.2 Å². The Hall–Kier alpha value is -1.89. The van der Waals surface area contributed by atoms with E-state index in [1.165, 1.54) is 6.07 Å². The first-order chi connectivity index (χ1) is 9.47. The Labute approximate surface area is 113 Å². The lowest BCUT2D eigenvalue weighted by atomic mass is 10.1. The molecule has 0 fully saturated rings. The van der Waals surface area contributed by atoms with Gasteiger partial charge < -0.3 is 10.3 Å². The lowest BCUT2D eigenvalue weighted by molar-refractivity contribution is -0.140. The zero-order valence-electron chi connectivity index (χ0n) is 10.5. The van der Waals surface area contributed by atoms with E-state index in [1.54, 1.807) is 12.5 Å².